The van der Waals surface area contributed by atoms with Gasteiger partial charge < -0.3 is 15.0 Å². The van der Waals surface area contributed by atoms with E-state index in [1.807, 2.05) is 37.3 Å². The van der Waals surface area contributed by atoms with Crippen LogP contribution >= 0.6 is 0 Å². The Morgan fingerprint density at radius 1 is 0.950 bits per heavy atom. The standard InChI is InChI=1S/C30H36FN3O5S/c1-4-39-28-14-9-8-13-26(28)34(40(3,37)38)20-10-15-29(35)33(22-24-16-18-25(31)19-17-24)27(30(36)32-2)21-23-11-6-5-7-12-23/h5-9,11-14,16-19,27H,4,10,15,20-22H2,1-3H3,(H,32,36). The molecule has 40 heavy (non-hydrogen) atoms. The molecule has 10 heteroatoms. The maximum atomic E-state index is 13.7. The molecule has 2 amide bonds. The van der Waals surface area contributed by atoms with Crippen LogP contribution in [-0.4, -0.2) is 57.6 Å². The largest absolute Gasteiger partial charge is 0.492 e. The fourth-order valence-corrected chi connectivity index (χ4v) is 5.40. The Morgan fingerprint density at radius 2 is 1.60 bits per heavy atom. The number of ether oxygens (including phenoxy) is 1. The number of halogens is 1. The fourth-order valence-electron chi connectivity index (χ4n) is 4.43. The van der Waals surface area contributed by atoms with Gasteiger partial charge in [0, 0.05) is 33.0 Å². The summed E-state index contributed by atoms with van der Waals surface area (Å²) in [6.45, 7) is 2.32. The molecule has 1 atom stereocenters. The number of nitrogens with zero attached hydrogens (tertiary/aromatic N) is 2. The number of carbonyl (C=O) groups excluding carboxylic acids is 2. The maximum Gasteiger partial charge on any atom is 0.242 e. The third kappa shape index (κ3) is 8.54. The van der Waals surface area contributed by atoms with Gasteiger partial charge in [0.05, 0.1) is 18.6 Å². The summed E-state index contributed by atoms with van der Waals surface area (Å²) in [6.07, 6.45) is 1.59. The minimum atomic E-state index is -3.68. The highest BCUT2D eigenvalue weighted by molar-refractivity contribution is 7.92. The van der Waals surface area contributed by atoms with Crippen LogP contribution in [0.25, 0.3) is 0 Å². The van der Waals surface area contributed by atoms with Gasteiger partial charge in [-0.3, -0.25) is 13.9 Å². The summed E-state index contributed by atoms with van der Waals surface area (Å²) in [5.41, 5.74) is 1.94. The molecule has 3 aromatic carbocycles. The van der Waals surface area contributed by atoms with Gasteiger partial charge in [0.1, 0.15) is 17.6 Å². The zero-order valence-electron chi connectivity index (χ0n) is 23.0. The van der Waals surface area contributed by atoms with Crippen LogP contribution in [0.2, 0.25) is 0 Å². The van der Waals surface area contributed by atoms with Crippen LogP contribution in [0, 0.1) is 5.82 Å². The van der Waals surface area contributed by atoms with Crippen molar-refractivity contribution < 1.29 is 27.1 Å². The summed E-state index contributed by atoms with van der Waals surface area (Å²) in [7, 11) is -2.16. The molecule has 1 N–H and O–H groups in total. The average Bonchev–Trinajstić information content (AvgIpc) is 2.94. The van der Waals surface area contributed by atoms with E-state index in [9.17, 15) is 22.4 Å². The van der Waals surface area contributed by atoms with Crippen LogP contribution in [-0.2, 0) is 32.6 Å². The molecule has 0 radical (unpaired) electrons. The number of amides is 2. The lowest BCUT2D eigenvalue weighted by Gasteiger charge is -2.31. The van der Waals surface area contributed by atoms with E-state index in [4.69, 9.17) is 4.74 Å². The third-order valence-electron chi connectivity index (χ3n) is 6.37. The Kier molecular flexibility index (Phi) is 11.1. The molecule has 0 saturated heterocycles. The van der Waals surface area contributed by atoms with Gasteiger partial charge >= 0.3 is 0 Å². The van der Waals surface area contributed by atoms with Crippen molar-refractivity contribution in [1.29, 1.82) is 0 Å². The Balaban J connectivity index is 1.85. The van der Waals surface area contributed by atoms with Crippen LogP contribution in [0.1, 0.15) is 30.9 Å². The number of nitrogens with one attached hydrogen (secondary N) is 1. The number of carbonyl (C=O) groups is 2. The number of likely N-dealkylation sites (N-methyl/N-ethyl adjacent to an activating group) is 1. The molecule has 0 saturated carbocycles. The van der Waals surface area contributed by atoms with Gasteiger partial charge in [-0.2, -0.15) is 0 Å². The van der Waals surface area contributed by atoms with Gasteiger partial charge in [-0.15, -0.1) is 0 Å². The smallest absolute Gasteiger partial charge is 0.242 e. The number of hydrogen-bond donors (Lipinski definition) is 1. The van der Waals surface area contributed by atoms with Crippen molar-refractivity contribution in [2.24, 2.45) is 0 Å². The summed E-state index contributed by atoms with van der Waals surface area (Å²) in [5, 5.41) is 2.66. The SMILES string of the molecule is CCOc1ccccc1N(CCCC(=O)N(Cc1ccc(F)cc1)C(Cc1ccccc1)C(=O)NC)S(C)(=O)=O. The predicted molar refractivity (Wildman–Crippen MR) is 154 cm³/mol. The van der Waals surface area contributed by atoms with Crippen molar-refractivity contribution in [3.63, 3.8) is 0 Å². The van der Waals surface area contributed by atoms with Crippen molar-refractivity contribution in [2.45, 2.75) is 38.8 Å². The Hall–Kier alpha value is -3.92. The molecule has 3 aromatic rings. The van der Waals surface area contributed by atoms with Gasteiger partial charge in [0.25, 0.3) is 0 Å². The number of rotatable bonds is 14. The van der Waals surface area contributed by atoms with Crippen molar-refractivity contribution in [1.82, 2.24) is 10.2 Å². The van der Waals surface area contributed by atoms with E-state index in [0.717, 1.165) is 11.8 Å². The lowest BCUT2D eigenvalue weighted by molar-refractivity contribution is -0.141. The molecule has 0 aliphatic heterocycles. The second-order valence-corrected chi connectivity index (χ2v) is 11.2. The highest BCUT2D eigenvalue weighted by Crippen LogP contribution is 2.30. The number of sulfonamides is 1. The monoisotopic (exact) mass is 569 g/mol. The second-order valence-electron chi connectivity index (χ2n) is 9.31. The topological polar surface area (TPSA) is 96.0 Å². The van der Waals surface area contributed by atoms with Crippen molar-refractivity contribution >= 4 is 27.5 Å². The molecule has 0 spiro atoms. The molecule has 0 aliphatic carbocycles. The Bertz CT molecular complexity index is 1370. The number of para-hydroxylation sites is 2. The zero-order valence-corrected chi connectivity index (χ0v) is 23.9. The first-order chi connectivity index (χ1) is 19.1. The van der Waals surface area contributed by atoms with Crippen molar-refractivity contribution in [2.75, 3.05) is 30.8 Å². The quantitative estimate of drug-likeness (QED) is 0.315. The fraction of sp³-hybridized carbons (Fsp3) is 0.333. The first-order valence-corrected chi connectivity index (χ1v) is 15.0. The lowest BCUT2D eigenvalue weighted by Crippen LogP contribution is -2.49. The van der Waals surface area contributed by atoms with Gasteiger partial charge in [-0.05, 0) is 48.7 Å². The second kappa shape index (κ2) is 14.5. The minimum absolute atomic E-state index is 0.00764. The van der Waals surface area contributed by atoms with E-state index in [1.54, 1.807) is 36.4 Å². The van der Waals surface area contributed by atoms with E-state index in [2.05, 4.69) is 5.32 Å². The number of anilines is 1. The van der Waals surface area contributed by atoms with E-state index >= 15 is 0 Å². The van der Waals surface area contributed by atoms with E-state index in [-0.39, 0.29) is 44.2 Å². The Morgan fingerprint density at radius 3 is 2.23 bits per heavy atom. The average molecular weight is 570 g/mol. The molecule has 214 valence electrons. The molecular formula is C30H36FN3O5S. The van der Waals surface area contributed by atoms with Crippen LogP contribution in [0.15, 0.2) is 78.9 Å². The highest BCUT2D eigenvalue weighted by atomic mass is 32.2. The van der Waals surface area contributed by atoms with Gasteiger partial charge in [0.2, 0.25) is 21.8 Å². The Labute approximate surface area is 235 Å². The third-order valence-corrected chi connectivity index (χ3v) is 7.55. The van der Waals surface area contributed by atoms with Crippen LogP contribution < -0.4 is 14.4 Å². The number of hydrogen-bond acceptors (Lipinski definition) is 5. The minimum Gasteiger partial charge on any atom is -0.492 e. The van der Waals surface area contributed by atoms with Crippen LogP contribution in [0.3, 0.4) is 0 Å². The molecule has 0 fully saturated rings. The predicted octanol–water partition coefficient (Wildman–Crippen LogP) is 4.16. The van der Waals surface area contributed by atoms with E-state index < -0.39 is 21.9 Å². The van der Waals surface area contributed by atoms with Gasteiger partial charge in [0.15, 0.2) is 0 Å². The molecule has 0 bridgehead atoms. The van der Waals surface area contributed by atoms with E-state index in [1.165, 1.54) is 28.4 Å². The van der Waals surface area contributed by atoms with Gasteiger partial charge in [-0.1, -0.05) is 54.6 Å². The molecule has 0 heterocycles. The molecule has 0 aromatic heterocycles. The normalized spacial score (nSPS) is 11.9. The zero-order chi connectivity index (χ0) is 29.1. The summed E-state index contributed by atoms with van der Waals surface area (Å²) >= 11 is 0. The summed E-state index contributed by atoms with van der Waals surface area (Å²) in [5.74, 6) is -0.618. The molecule has 8 nitrogen and oxygen atoms in total. The number of benzene rings is 3. The van der Waals surface area contributed by atoms with Crippen molar-refractivity contribution in [3.8, 4) is 5.75 Å². The lowest BCUT2D eigenvalue weighted by atomic mass is 10.0. The maximum absolute atomic E-state index is 13.7. The first-order valence-electron chi connectivity index (χ1n) is 13.1. The van der Waals surface area contributed by atoms with Crippen LogP contribution in [0.5, 0.6) is 5.75 Å². The first kappa shape index (κ1) is 30.6. The summed E-state index contributed by atoms with van der Waals surface area (Å²) < 4.78 is 45.8. The summed E-state index contributed by atoms with van der Waals surface area (Å²) in [6, 6.07) is 21.2. The molecule has 0 aliphatic rings. The van der Waals surface area contributed by atoms with Gasteiger partial charge in [-0.25, -0.2) is 12.8 Å². The molecular weight excluding hydrogens is 533 g/mol. The van der Waals surface area contributed by atoms with Crippen molar-refractivity contribution in [3.05, 3.63) is 95.8 Å². The summed E-state index contributed by atoms with van der Waals surface area (Å²) in [4.78, 5) is 28.2. The molecule has 1 unspecified atom stereocenters. The highest BCUT2D eigenvalue weighted by Gasteiger charge is 2.30. The molecule has 3 rings (SSSR count). The van der Waals surface area contributed by atoms with Crippen LogP contribution in [0.4, 0.5) is 10.1 Å². The van der Waals surface area contributed by atoms with E-state index in [0.29, 0.717) is 23.6 Å².